The van der Waals surface area contributed by atoms with Gasteiger partial charge in [-0.1, -0.05) is 13.0 Å². The molecule has 2 aromatic heterocycles. The van der Waals surface area contributed by atoms with Gasteiger partial charge in [-0.05, 0) is 48.9 Å². The summed E-state index contributed by atoms with van der Waals surface area (Å²) in [6, 6.07) is 16.6. The zero-order valence-corrected chi connectivity index (χ0v) is 11.5. The zero-order valence-electron chi connectivity index (χ0n) is 11.5. The van der Waals surface area contributed by atoms with E-state index in [2.05, 4.69) is 41.1 Å². The van der Waals surface area contributed by atoms with Gasteiger partial charge in [0.15, 0.2) is 0 Å². The Balaban J connectivity index is 1.82. The van der Waals surface area contributed by atoms with Crippen molar-refractivity contribution in [1.82, 2.24) is 4.57 Å². The molecule has 0 saturated carbocycles. The summed E-state index contributed by atoms with van der Waals surface area (Å²) >= 11 is 0. The van der Waals surface area contributed by atoms with E-state index >= 15 is 0 Å². The maximum absolute atomic E-state index is 5.49. The summed E-state index contributed by atoms with van der Waals surface area (Å²) in [6.07, 6.45) is 6.78. The molecule has 0 aliphatic rings. The van der Waals surface area contributed by atoms with E-state index < -0.39 is 0 Å². The van der Waals surface area contributed by atoms with Crippen LogP contribution in [-0.4, -0.2) is 4.57 Å². The van der Waals surface area contributed by atoms with Crippen molar-refractivity contribution in [2.75, 3.05) is 5.32 Å². The van der Waals surface area contributed by atoms with Crippen molar-refractivity contribution >= 4 is 5.69 Å². The van der Waals surface area contributed by atoms with E-state index in [1.165, 1.54) is 0 Å². The quantitative estimate of drug-likeness (QED) is 0.729. The van der Waals surface area contributed by atoms with E-state index in [9.17, 15) is 0 Å². The molecule has 3 aromatic rings. The van der Waals surface area contributed by atoms with Crippen LogP contribution in [-0.2, 0) is 0 Å². The van der Waals surface area contributed by atoms with Gasteiger partial charge in [-0.15, -0.1) is 0 Å². The summed E-state index contributed by atoms with van der Waals surface area (Å²) in [5, 5.41) is 3.53. The molecule has 0 bridgehead atoms. The minimum absolute atomic E-state index is 0.199. The Bertz CT molecular complexity index is 641. The molecule has 0 saturated heterocycles. The van der Waals surface area contributed by atoms with Crippen LogP contribution >= 0.6 is 0 Å². The summed E-state index contributed by atoms with van der Waals surface area (Å²) in [5.41, 5.74) is 2.24. The van der Waals surface area contributed by atoms with Crippen LogP contribution < -0.4 is 5.32 Å². The number of hydrogen-bond acceptors (Lipinski definition) is 2. The lowest BCUT2D eigenvalue weighted by Crippen LogP contribution is -2.08. The van der Waals surface area contributed by atoms with Gasteiger partial charge < -0.3 is 14.3 Å². The highest BCUT2D eigenvalue weighted by Gasteiger charge is 2.11. The van der Waals surface area contributed by atoms with Crippen LogP contribution in [0.3, 0.4) is 0 Å². The molecule has 1 aromatic carbocycles. The minimum Gasteiger partial charge on any atom is -0.467 e. The van der Waals surface area contributed by atoms with Gasteiger partial charge in [-0.3, -0.25) is 0 Å². The fourth-order valence-corrected chi connectivity index (χ4v) is 2.33. The molecule has 0 amide bonds. The van der Waals surface area contributed by atoms with Crippen LogP contribution in [0.4, 0.5) is 5.69 Å². The standard InChI is InChI=1S/C17H18N2O/c1-2-16(17-9-6-12-20-17)18-14-7-5-8-15(13-14)19-10-3-4-11-19/h3-13,16,18H,2H2,1H3. The van der Waals surface area contributed by atoms with E-state index in [4.69, 9.17) is 4.42 Å². The van der Waals surface area contributed by atoms with Crippen LogP contribution in [0.1, 0.15) is 25.1 Å². The molecule has 0 spiro atoms. The van der Waals surface area contributed by atoms with Crippen molar-refractivity contribution < 1.29 is 4.42 Å². The van der Waals surface area contributed by atoms with Gasteiger partial charge in [-0.2, -0.15) is 0 Å². The highest BCUT2D eigenvalue weighted by molar-refractivity contribution is 5.52. The summed E-state index contributed by atoms with van der Waals surface area (Å²) in [6.45, 7) is 2.15. The number of hydrogen-bond donors (Lipinski definition) is 1. The van der Waals surface area contributed by atoms with Crippen molar-refractivity contribution in [3.63, 3.8) is 0 Å². The summed E-state index contributed by atoms with van der Waals surface area (Å²) < 4.78 is 7.59. The number of anilines is 1. The molecule has 1 N–H and O–H groups in total. The molecule has 0 fully saturated rings. The molecular weight excluding hydrogens is 248 g/mol. The Morgan fingerprint density at radius 2 is 1.95 bits per heavy atom. The first-order chi connectivity index (χ1) is 9.86. The Morgan fingerprint density at radius 3 is 2.65 bits per heavy atom. The van der Waals surface area contributed by atoms with Crippen LogP contribution in [0, 0.1) is 0 Å². The van der Waals surface area contributed by atoms with Gasteiger partial charge in [0.1, 0.15) is 5.76 Å². The van der Waals surface area contributed by atoms with E-state index in [1.807, 2.05) is 36.7 Å². The summed E-state index contributed by atoms with van der Waals surface area (Å²) in [7, 11) is 0. The van der Waals surface area contributed by atoms with Crippen molar-refractivity contribution in [2.45, 2.75) is 19.4 Å². The second kappa shape index (κ2) is 5.70. The smallest absolute Gasteiger partial charge is 0.125 e. The number of nitrogens with one attached hydrogen (secondary N) is 1. The fraction of sp³-hybridized carbons (Fsp3) is 0.176. The van der Waals surface area contributed by atoms with Crippen molar-refractivity contribution in [1.29, 1.82) is 0 Å². The van der Waals surface area contributed by atoms with Crippen LogP contribution in [0.2, 0.25) is 0 Å². The number of rotatable bonds is 5. The molecule has 3 heteroatoms. The molecule has 0 aliphatic carbocycles. The summed E-state index contributed by atoms with van der Waals surface area (Å²) in [4.78, 5) is 0. The minimum atomic E-state index is 0.199. The SMILES string of the molecule is CCC(Nc1cccc(-n2cccc2)c1)c1ccco1. The number of aromatic nitrogens is 1. The summed E-state index contributed by atoms with van der Waals surface area (Å²) in [5.74, 6) is 0.971. The molecule has 3 rings (SSSR count). The Labute approximate surface area is 118 Å². The third-order valence-electron chi connectivity index (χ3n) is 3.38. The number of furan rings is 1. The fourth-order valence-electron chi connectivity index (χ4n) is 2.33. The van der Waals surface area contributed by atoms with Gasteiger partial charge >= 0.3 is 0 Å². The second-order valence-corrected chi connectivity index (χ2v) is 4.76. The van der Waals surface area contributed by atoms with E-state index in [1.54, 1.807) is 6.26 Å². The van der Waals surface area contributed by atoms with E-state index in [0.29, 0.717) is 0 Å². The number of nitrogens with zero attached hydrogens (tertiary/aromatic N) is 1. The van der Waals surface area contributed by atoms with E-state index in [-0.39, 0.29) is 6.04 Å². The first-order valence-corrected chi connectivity index (χ1v) is 6.90. The lowest BCUT2D eigenvalue weighted by molar-refractivity contribution is 0.474. The average molecular weight is 266 g/mol. The molecule has 102 valence electrons. The van der Waals surface area contributed by atoms with Gasteiger partial charge in [0.05, 0.1) is 12.3 Å². The monoisotopic (exact) mass is 266 g/mol. The van der Waals surface area contributed by atoms with E-state index in [0.717, 1.165) is 23.6 Å². The molecule has 1 unspecified atom stereocenters. The molecule has 2 heterocycles. The average Bonchev–Trinajstić information content (AvgIpc) is 3.17. The zero-order chi connectivity index (χ0) is 13.8. The lowest BCUT2D eigenvalue weighted by Gasteiger charge is -2.16. The molecule has 0 aliphatic heterocycles. The Morgan fingerprint density at radius 1 is 1.10 bits per heavy atom. The molecule has 1 atom stereocenters. The van der Waals surface area contributed by atoms with Gasteiger partial charge in [-0.25, -0.2) is 0 Å². The first kappa shape index (κ1) is 12.6. The van der Waals surface area contributed by atoms with Gasteiger partial charge in [0, 0.05) is 23.8 Å². The Hall–Kier alpha value is -2.42. The molecule has 0 radical (unpaired) electrons. The third-order valence-corrected chi connectivity index (χ3v) is 3.38. The molecular formula is C17H18N2O. The maximum Gasteiger partial charge on any atom is 0.125 e. The first-order valence-electron chi connectivity index (χ1n) is 6.90. The molecule has 3 nitrogen and oxygen atoms in total. The predicted molar refractivity (Wildman–Crippen MR) is 81.1 cm³/mol. The highest BCUT2D eigenvalue weighted by atomic mass is 16.3. The third kappa shape index (κ3) is 2.62. The predicted octanol–water partition coefficient (Wildman–Crippen LogP) is 4.63. The largest absolute Gasteiger partial charge is 0.467 e. The normalized spacial score (nSPS) is 12.2. The second-order valence-electron chi connectivity index (χ2n) is 4.76. The number of benzene rings is 1. The van der Waals surface area contributed by atoms with Gasteiger partial charge in [0.2, 0.25) is 0 Å². The highest BCUT2D eigenvalue weighted by Crippen LogP contribution is 2.24. The molecule has 20 heavy (non-hydrogen) atoms. The van der Waals surface area contributed by atoms with Crippen molar-refractivity contribution in [3.8, 4) is 5.69 Å². The lowest BCUT2D eigenvalue weighted by atomic mass is 10.1. The van der Waals surface area contributed by atoms with Gasteiger partial charge in [0.25, 0.3) is 0 Å². The topological polar surface area (TPSA) is 30.1 Å². The maximum atomic E-state index is 5.49. The Kier molecular flexibility index (Phi) is 3.59. The van der Waals surface area contributed by atoms with Crippen LogP contribution in [0.15, 0.2) is 71.6 Å². The van der Waals surface area contributed by atoms with Crippen LogP contribution in [0.25, 0.3) is 5.69 Å². The van der Waals surface area contributed by atoms with Crippen LogP contribution in [0.5, 0.6) is 0 Å². The van der Waals surface area contributed by atoms with Crippen molar-refractivity contribution in [3.05, 3.63) is 72.9 Å². The van der Waals surface area contributed by atoms with Crippen molar-refractivity contribution in [2.24, 2.45) is 0 Å².